The molecule has 34 heavy (non-hydrogen) atoms. The van der Waals surface area contributed by atoms with E-state index in [9.17, 15) is 9.59 Å². The monoisotopic (exact) mass is 447 g/mol. The van der Waals surface area contributed by atoms with Gasteiger partial charge in [-0.25, -0.2) is 4.98 Å². The Kier molecular flexibility index (Phi) is 4.80. The summed E-state index contributed by atoms with van der Waals surface area (Å²) in [6, 6.07) is 24.5. The van der Waals surface area contributed by atoms with Crippen LogP contribution >= 0.6 is 0 Å². The SMILES string of the molecule is O=C(C[C@H]1C(=O)N(Cc2cccnc2)c2nc3ccccc3n21)Nc1cccc2ccccc12. The average molecular weight is 447 g/mol. The highest BCUT2D eigenvalue weighted by Crippen LogP contribution is 2.37. The molecule has 0 fully saturated rings. The summed E-state index contributed by atoms with van der Waals surface area (Å²) in [4.78, 5) is 37.2. The molecule has 0 spiro atoms. The van der Waals surface area contributed by atoms with Crippen LogP contribution in [0.4, 0.5) is 11.6 Å². The van der Waals surface area contributed by atoms with Crippen LogP contribution in [0.2, 0.25) is 0 Å². The molecule has 5 aromatic rings. The Morgan fingerprint density at radius 2 is 1.76 bits per heavy atom. The van der Waals surface area contributed by atoms with Crippen molar-refractivity contribution in [1.29, 1.82) is 0 Å². The van der Waals surface area contributed by atoms with E-state index >= 15 is 0 Å². The van der Waals surface area contributed by atoms with E-state index in [1.165, 1.54) is 0 Å². The first-order valence-corrected chi connectivity index (χ1v) is 11.1. The number of aromatic nitrogens is 3. The number of hydrogen-bond donors (Lipinski definition) is 1. The fourth-order valence-electron chi connectivity index (χ4n) is 4.63. The largest absolute Gasteiger partial charge is 0.325 e. The van der Waals surface area contributed by atoms with E-state index in [-0.39, 0.29) is 18.2 Å². The molecule has 166 valence electrons. The van der Waals surface area contributed by atoms with Gasteiger partial charge in [0.05, 0.1) is 24.0 Å². The molecule has 1 atom stereocenters. The van der Waals surface area contributed by atoms with Gasteiger partial charge in [0.25, 0.3) is 5.91 Å². The van der Waals surface area contributed by atoms with Crippen molar-refractivity contribution in [1.82, 2.24) is 14.5 Å². The molecular weight excluding hydrogens is 426 g/mol. The molecule has 3 heterocycles. The smallest absolute Gasteiger partial charge is 0.253 e. The molecule has 0 saturated heterocycles. The maximum absolute atomic E-state index is 13.5. The molecule has 0 aliphatic carbocycles. The number of carbonyl (C=O) groups excluding carboxylic acids is 2. The number of benzene rings is 3. The molecule has 3 aromatic carbocycles. The molecule has 1 aliphatic rings. The van der Waals surface area contributed by atoms with Gasteiger partial charge in [0.1, 0.15) is 6.04 Å². The Labute approximate surface area is 195 Å². The number of carbonyl (C=O) groups is 2. The molecule has 1 aliphatic heterocycles. The van der Waals surface area contributed by atoms with E-state index in [0.29, 0.717) is 12.5 Å². The number of fused-ring (bicyclic) bond motifs is 4. The van der Waals surface area contributed by atoms with Crippen LogP contribution in [-0.2, 0) is 16.1 Å². The fraction of sp³-hybridized carbons (Fsp3) is 0.111. The van der Waals surface area contributed by atoms with Crippen LogP contribution in [0.25, 0.3) is 21.8 Å². The van der Waals surface area contributed by atoms with E-state index in [1.54, 1.807) is 17.3 Å². The summed E-state index contributed by atoms with van der Waals surface area (Å²) < 4.78 is 1.89. The van der Waals surface area contributed by atoms with Crippen molar-refractivity contribution >= 4 is 45.3 Å². The summed E-state index contributed by atoms with van der Waals surface area (Å²) in [7, 11) is 0. The van der Waals surface area contributed by atoms with E-state index in [4.69, 9.17) is 4.98 Å². The molecule has 2 aromatic heterocycles. The van der Waals surface area contributed by atoms with Gasteiger partial charge >= 0.3 is 0 Å². The van der Waals surface area contributed by atoms with E-state index in [1.807, 2.05) is 83.4 Å². The zero-order valence-corrected chi connectivity index (χ0v) is 18.3. The molecule has 1 N–H and O–H groups in total. The van der Waals surface area contributed by atoms with Gasteiger partial charge in [-0.2, -0.15) is 0 Å². The third-order valence-electron chi connectivity index (χ3n) is 6.19. The number of para-hydroxylation sites is 2. The maximum Gasteiger partial charge on any atom is 0.253 e. The minimum Gasteiger partial charge on any atom is -0.325 e. The Balaban J connectivity index is 1.33. The lowest BCUT2D eigenvalue weighted by atomic mass is 10.1. The van der Waals surface area contributed by atoms with Gasteiger partial charge in [-0.1, -0.05) is 54.6 Å². The van der Waals surface area contributed by atoms with Crippen LogP contribution in [0.15, 0.2) is 91.3 Å². The third kappa shape index (κ3) is 3.38. The van der Waals surface area contributed by atoms with Crippen LogP contribution in [-0.4, -0.2) is 26.3 Å². The number of amides is 2. The normalized spacial score (nSPS) is 15.1. The summed E-state index contributed by atoms with van der Waals surface area (Å²) in [5, 5.41) is 5.02. The summed E-state index contributed by atoms with van der Waals surface area (Å²) in [5.41, 5.74) is 3.26. The van der Waals surface area contributed by atoms with Gasteiger partial charge in [-0.15, -0.1) is 0 Å². The Hall–Kier alpha value is -4.52. The zero-order chi connectivity index (χ0) is 23.1. The second-order valence-electron chi connectivity index (χ2n) is 8.35. The summed E-state index contributed by atoms with van der Waals surface area (Å²) in [6.45, 7) is 0.345. The van der Waals surface area contributed by atoms with Crippen LogP contribution in [0.1, 0.15) is 18.0 Å². The predicted octanol–water partition coefficient (Wildman–Crippen LogP) is 4.70. The minimum absolute atomic E-state index is 0.0128. The minimum atomic E-state index is -0.672. The number of imidazole rings is 1. The zero-order valence-electron chi connectivity index (χ0n) is 18.3. The Bertz CT molecular complexity index is 1540. The molecule has 0 radical (unpaired) electrons. The molecule has 0 unspecified atom stereocenters. The molecule has 2 amide bonds. The van der Waals surface area contributed by atoms with Crippen LogP contribution in [0.3, 0.4) is 0 Å². The van der Waals surface area contributed by atoms with E-state index in [2.05, 4.69) is 10.3 Å². The van der Waals surface area contributed by atoms with Gasteiger partial charge in [0.2, 0.25) is 11.9 Å². The van der Waals surface area contributed by atoms with Crippen LogP contribution in [0.5, 0.6) is 0 Å². The average Bonchev–Trinajstić information content (AvgIpc) is 3.36. The van der Waals surface area contributed by atoms with Crippen molar-refractivity contribution in [3.05, 3.63) is 96.8 Å². The lowest BCUT2D eigenvalue weighted by Gasteiger charge is -2.16. The Morgan fingerprint density at radius 1 is 0.941 bits per heavy atom. The van der Waals surface area contributed by atoms with E-state index < -0.39 is 6.04 Å². The molecule has 0 bridgehead atoms. The quantitative estimate of drug-likeness (QED) is 0.423. The summed E-state index contributed by atoms with van der Waals surface area (Å²) in [5.74, 6) is 0.185. The molecular formula is C27H21N5O2. The third-order valence-corrected chi connectivity index (χ3v) is 6.19. The number of anilines is 2. The highest BCUT2D eigenvalue weighted by atomic mass is 16.2. The van der Waals surface area contributed by atoms with Crippen molar-refractivity contribution in [3.63, 3.8) is 0 Å². The summed E-state index contributed by atoms with van der Waals surface area (Å²) >= 11 is 0. The van der Waals surface area contributed by atoms with Gasteiger partial charge in [0.15, 0.2) is 0 Å². The highest BCUT2D eigenvalue weighted by molar-refractivity contribution is 6.07. The first-order valence-electron chi connectivity index (χ1n) is 11.1. The van der Waals surface area contributed by atoms with Crippen LogP contribution < -0.4 is 10.2 Å². The topological polar surface area (TPSA) is 80.1 Å². The van der Waals surface area contributed by atoms with Crippen molar-refractivity contribution in [3.8, 4) is 0 Å². The van der Waals surface area contributed by atoms with Crippen LogP contribution in [0, 0.1) is 0 Å². The van der Waals surface area contributed by atoms with Crippen molar-refractivity contribution in [2.24, 2.45) is 0 Å². The standard InChI is InChI=1S/C27H21N5O2/c33-25(29-21-12-5-9-19-8-1-2-10-20(19)21)15-24-26(34)31(17-18-7-6-14-28-16-18)27-30-22-11-3-4-13-23(22)32(24)27/h1-14,16,24H,15,17H2,(H,29,33)/t24-/m0/s1. The number of hydrogen-bond acceptors (Lipinski definition) is 4. The first-order chi connectivity index (χ1) is 16.7. The maximum atomic E-state index is 13.5. The van der Waals surface area contributed by atoms with Crippen molar-refractivity contribution in [2.45, 2.75) is 19.0 Å². The number of rotatable bonds is 5. The number of nitrogens with one attached hydrogen (secondary N) is 1. The van der Waals surface area contributed by atoms with Crippen molar-refractivity contribution < 1.29 is 9.59 Å². The molecule has 7 nitrogen and oxygen atoms in total. The fourth-order valence-corrected chi connectivity index (χ4v) is 4.63. The van der Waals surface area contributed by atoms with E-state index in [0.717, 1.165) is 33.1 Å². The predicted molar refractivity (Wildman–Crippen MR) is 131 cm³/mol. The molecule has 0 saturated carbocycles. The van der Waals surface area contributed by atoms with Crippen molar-refractivity contribution in [2.75, 3.05) is 10.2 Å². The Morgan fingerprint density at radius 3 is 2.65 bits per heavy atom. The lowest BCUT2D eigenvalue weighted by Crippen LogP contribution is -2.31. The number of pyridine rings is 1. The second-order valence-corrected chi connectivity index (χ2v) is 8.35. The lowest BCUT2D eigenvalue weighted by molar-refractivity contribution is -0.124. The van der Waals surface area contributed by atoms with Gasteiger partial charge < -0.3 is 5.32 Å². The van der Waals surface area contributed by atoms with Gasteiger partial charge in [-0.05, 0) is 35.2 Å². The van der Waals surface area contributed by atoms with Gasteiger partial charge in [0, 0.05) is 23.5 Å². The van der Waals surface area contributed by atoms with Gasteiger partial charge in [-0.3, -0.25) is 24.0 Å². The number of nitrogens with zero attached hydrogens (tertiary/aromatic N) is 4. The molecule has 6 rings (SSSR count). The second kappa shape index (κ2) is 8.12. The molecule has 7 heteroatoms. The summed E-state index contributed by atoms with van der Waals surface area (Å²) in [6.07, 6.45) is 3.45. The first kappa shape index (κ1) is 20.1. The highest BCUT2D eigenvalue weighted by Gasteiger charge is 2.40.